The number of hydrogen-bond donors (Lipinski definition) is 1. The Balaban J connectivity index is 2.33. The van der Waals surface area contributed by atoms with Gasteiger partial charge in [0, 0.05) is 11.1 Å². The average Bonchev–Trinajstić information content (AvgIpc) is 2.85. The smallest absolute Gasteiger partial charge is 0.360 e. The van der Waals surface area contributed by atoms with Crippen LogP contribution in [0.4, 0.5) is 0 Å². The number of rotatable bonds is 3. The van der Waals surface area contributed by atoms with Crippen LogP contribution in [0.3, 0.4) is 0 Å². The minimum absolute atomic E-state index is 0.0939. The lowest BCUT2D eigenvalue weighted by atomic mass is 10.5. The quantitative estimate of drug-likeness (QED) is 0.872. The van der Waals surface area contributed by atoms with E-state index in [-0.39, 0.29) is 17.5 Å². The van der Waals surface area contributed by atoms with Crippen molar-refractivity contribution in [3.8, 4) is 10.8 Å². The van der Waals surface area contributed by atoms with Crippen molar-refractivity contribution >= 4 is 28.9 Å². The molecule has 0 saturated heterocycles. The zero-order valence-corrected chi connectivity index (χ0v) is 10.9. The van der Waals surface area contributed by atoms with Crippen LogP contribution in [0.1, 0.15) is 23.1 Å². The van der Waals surface area contributed by atoms with Crippen LogP contribution in [-0.2, 0) is 4.74 Å². The van der Waals surface area contributed by atoms with Crippen molar-refractivity contribution in [2.24, 2.45) is 0 Å². The highest BCUT2D eigenvalue weighted by Gasteiger charge is 2.19. The Labute approximate surface area is 107 Å². The molecule has 0 saturated carbocycles. The Morgan fingerprint density at radius 1 is 1.59 bits per heavy atom. The zero-order chi connectivity index (χ0) is 12.4. The fraction of sp³-hybridized carbons (Fsp3) is 0.300. The molecule has 0 fully saturated rings. The van der Waals surface area contributed by atoms with Gasteiger partial charge in [0.2, 0.25) is 0 Å². The lowest BCUT2D eigenvalue weighted by Crippen LogP contribution is -2.05. The van der Waals surface area contributed by atoms with Crippen molar-refractivity contribution in [3.05, 3.63) is 21.9 Å². The lowest BCUT2D eigenvalue weighted by Gasteiger charge is -1.96. The summed E-state index contributed by atoms with van der Waals surface area (Å²) in [4.78, 5) is 22.7. The first-order valence-electron chi connectivity index (χ1n) is 4.97. The van der Waals surface area contributed by atoms with Crippen molar-refractivity contribution in [2.75, 3.05) is 6.61 Å². The highest BCUT2D eigenvalue weighted by atomic mass is 35.5. The van der Waals surface area contributed by atoms with E-state index in [1.807, 2.05) is 12.3 Å². The van der Waals surface area contributed by atoms with Crippen LogP contribution in [-0.4, -0.2) is 27.5 Å². The van der Waals surface area contributed by atoms with Crippen LogP contribution in [0.25, 0.3) is 10.8 Å². The summed E-state index contributed by atoms with van der Waals surface area (Å²) in [6, 6.07) is 0. The molecule has 0 aliphatic heterocycles. The monoisotopic (exact) mass is 271 g/mol. The Kier molecular flexibility index (Phi) is 3.44. The summed E-state index contributed by atoms with van der Waals surface area (Å²) in [5.74, 6) is -0.0515. The molecular weight excluding hydrogens is 262 g/mol. The molecule has 2 heterocycles. The minimum atomic E-state index is -0.534. The van der Waals surface area contributed by atoms with Crippen LogP contribution in [0, 0.1) is 6.92 Å². The van der Waals surface area contributed by atoms with Gasteiger partial charge in [0.25, 0.3) is 0 Å². The second kappa shape index (κ2) is 4.85. The second-order valence-corrected chi connectivity index (χ2v) is 4.50. The summed E-state index contributed by atoms with van der Waals surface area (Å²) in [7, 11) is 0. The van der Waals surface area contributed by atoms with E-state index >= 15 is 0 Å². The number of aromatic nitrogens is 3. The number of thiazole rings is 1. The molecule has 90 valence electrons. The third kappa shape index (κ3) is 2.48. The number of aromatic amines is 1. The first-order valence-corrected chi connectivity index (χ1v) is 6.22. The summed E-state index contributed by atoms with van der Waals surface area (Å²) in [6.45, 7) is 3.90. The summed E-state index contributed by atoms with van der Waals surface area (Å²) >= 11 is 7.32. The van der Waals surface area contributed by atoms with Gasteiger partial charge in [-0.2, -0.15) is 0 Å². The Morgan fingerprint density at radius 2 is 2.35 bits per heavy atom. The zero-order valence-electron chi connectivity index (χ0n) is 9.28. The van der Waals surface area contributed by atoms with E-state index in [0.29, 0.717) is 10.8 Å². The number of aryl methyl sites for hydroxylation is 1. The second-order valence-electron chi connectivity index (χ2n) is 3.26. The molecule has 0 bridgehead atoms. The predicted molar refractivity (Wildman–Crippen MR) is 65.4 cm³/mol. The van der Waals surface area contributed by atoms with Gasteiger partial charge in [-0.25, -0.2) is 14.8 Å². The number of nitrogens with zero attached hydrogens (tertiary/aromatic N) is 2. The van der Waals surface area contributed by atoms with Gasteiger partial charge in [-0.3, -0.25) is 0 Å². The van der Waals surface area contributed by atoms with Gasteiger partial charge in [0.05, 0.1) is 6.61 Å². The molecular formula is C10H10ClN3O2S. The summed E-state index contributed by atoms with van der Waals surface area (Å²) in [5.41, 5.74) is 0.992. The number of carbonyl (C=O) groups excluding carboxylic acids is 1. The van der Waals surface area contributed by atoms with Crippen molar-refractivity contribution < 1.29 is 9.53 Å². The summed E-state index contributed by atoms with van der Waals surface area (Å²) in [5, 5.41) is 2.77. The molecule has 17 heavy (non-hydrogen) atoms. The molecule has 7 heteroatoms. The number of imidazole rings is 1. The van der Waals surface area contributed by atoms with E-state index in [0.717, 1.165) is 5.69 Å². The van der Waals surface area contributed by atoms with Gasteiger partial charge in [-0.15, -0.1) is 11.3 Å². The maximum Gasteiger partial charge on any atom is 0.360 e. The Hall–Kier alpha value is -1.40. The molecule has 0 atom stereocenters. The number of hydrogen-bond acceptors (Lipinski definition) is 5. The van der Waals surface area contributed by atoms with Crippen LogP contribution in [0.2, 0.25) is 5.15 Å². The van der Waals surface area contributed by atoms with E-state index in [1.165, 1.54) is 11.3 Å². The Bertz CT molecular complexity index is 549. The number of esters is 1. The summed E-state index contributed by atoms with van der Waals surface area (Å²) < 4.78 is 4.84. The molecule has 0 aliphatic rings. The lowest BCUT2D eigenvalue weighted by molar-refractivity contribution is 0.0520. The molecule has 0 spiro atoms. The minimum Gasteiger partial charge on any atom is -0.461 e. The highest BCUT2D eigenvalue weighted by molar-refractivity contribution is 7.13. The van der Waals surface area contributed by atoms with E-state index in [9.17, 15) is 4.79 Å². The van der Waals surface area contributed by atoms with Crippen molar-refractivity contribution in [1.29, 1.82) is 0 Å². The Morgan fingerprint density at radius 3 is 2.94 bits per heavy atom. The fourth-order valence-corrected chi connectivity index (χ4v) is 2.20. The molecule has 0 aromatic carbocycles. The predicted octanol–water partition coefficient (Wildman–Crippen LogP) is 2.67. The molecule has 5 nitrogen and oxygen atoms in total. The normalized spacial score (nSPS) is 10.5. The molecule has 0 amide bonds. The molecule has 0 radical (unpaired) electrons. The average molecular weight is 272 g/mol. The van der Waals surface area contributed by atoms with Gasteiger partial charge in [-0.1, -0.05) is 11.6 Å². The van der Waals surface area contributed by atoms with E-state index < -0.39 is 5.97 Å². The van der Waals surface area contributed by atoms with Crippen LogP contribution >= 0.6 is 22.9 Å². The van der Waals surface area contributed by atoms with Crippen molar-refractivity contribution in [1.82, 2.24) is 15.0 Å². The maximum atomic E-state index is 11.5. The van der Waals surface area contributed by atoms with Gasteiger partial charge in [0.1, 0.15) is 5.15 Å². The van der Waals surface area contributed by atoms with Gasteiger partial charge in [-0.05, 0) is 13.8 Å². The number of carbonyl (C=O) groups is 1. The van der Waals surface area contributed by atoms with Crippen LogP contribution in [0.15, 0.2) is 5.38 Å². The maximum absolute atomic E-state index is 11.5. The third-order valence-corrected chi connectivity index (χ3v) is 3.19. The largest absolute Gasteiger partial charge is 0.461 e. The van der Waals surface area contributed by atoms with Gasteiger partial charge < -0.3 is 9.72 Å². The van der Waals surface area contributed by atoms with Gasteiger partial charge >= 0.3 is 5.97 Å². The highest BCUT2D eigenvalue weighted by Crippen LogP contribution is 2.24. The molecule has 0 unspecified atom stereocenters. The molecule has 2 aromatic rings. The van der Waals surface area contributed by atoms with E-state index in [4.69, 9.17) is 16.3 Å². The van der Waals surface area contributed by atoms with Gasteiger partial charge in [0.15, 0.2) is 16.5 Å². The summed E-state index contributed by atoms with van der Waals surface area (Å²) in [6.07, 6.45) is 0. The van der Waals surface area contributed by atoms with Crippen molar-refractivity contribution in [3.63, 3.8) is 0 Å². The standard InChI is InChI=1S/C10H10ClN3O2S/c1-3-16-10(15)6-7(11)14-8(13-6)9-12-5(2)4-17-9/h4H,3H2,1-2H3,(H,13,14). The van der Waals surface area contributed by atoms with E-state index in [1.54, 1.807) is 6.92 Å². The molecule has 2 rings (SSSR count). The number of nitrogens with one attached hydrogen (secondary N) is 1. The molecule has 0 aliphatic carbocycles. The molecule has 2 aromatic heterocycles. The SMILES string of the molecule is CCOC(=O)c1nc(-c2nc(C)cs2)[nH]c1Cl. The first kappa shape index (κ1) is 12.1. The first-order chi connectivity index (χ1) is 8.11. The number of halogens is 1. The number of H-pyrrole nitrogens is 1. The topological polar surface area (TPSA) is 67.9 Å². The van der Waals surface area contributed by atoms with Crippen LogP contribution < -0.4 is 0 Å². The molecule has 1 N–H and O–H groups in total. The van der Waals surface area contributed by atoms with E-state index in [2.05, 4.69) is 15.0 Å². The van der Waals surface area contributed by atoms with Crippen LogP contribution in [0.5, 0.6) is 0 Å². The fourth-order valence-electron chi connectivity index (χ4n) is 1.25. The van der Waals surface area contributed by atoms with Crippen molar-refractivity contribution in [2.45, 2.75) is 13.8 Å². The third-order valence-electron chi connectivity index (χ3n) is 1.95. The number of ether oxygens (including phenoxy) is 1.